The summed E-state index contributed by atoms with van der Waals surface area (Å²) >= 11 is 0. The lowest BCUT2D eigenvalue weighted by Crippen LogP contribution is -1.77. The second-order valence-corrected chi connectivity index (χ2v) is 7.08. The van der Waals surface area contributed by atoms with Crippen LogP contribution in [0.25, 0.3) is 34.4 Å². The van der Waals surface area contributed by atoms with Gasteiger partial charge < -0.3 is 0 Å². The van der Waals surface area contributed by atoms with Crippen molar-refractivity contribution in [2.75, 3.05) is 0 Å². The molecule has 0 aliphatic carbocycles. The predicted molar refractivity (Wildman–Crippen MR) is 131 cm³/mol. The van der Waals surface area contributed by atoms with E-state index in [2.05, 4.69) is 134 Å². The monoisotopic (exact) mass is 384 g/mol. The summed E-state index contributed by atoms with van der Waals surface area (Å²) in [7, 11) is 0. The Kier molecular flexibility index (Phi) is 6.50. The minimum absolute atomic E-state index is 1.19. The van der Waals surface area contributed by atoms with E-state index in [1.165, 1.54) is 33.4 Å². The van der Waals surface area contributed by atoms with Crippen molar-refractivity contribution in [2.24, 2.45) is 0 Å². The molecule has 0 aliphatic heterocycles. The summed E-state index contributed by atoms with van der Waals surface area (Å²) in [5.41, 5.74) is 7.36. The number of hydrogen-bond acceptors (Lipinski definition) is 0. The average Bonchev–Trinajstić information content (AvgIpc) is 2.83. The molecule has 0 heterocycles. The molecule has 0 radical (unpaired) electrons. The van der Waals surface area contributed by atoms with Gasteiger partial charge in [-0.15, -0.1) is 0 Å². The molecule has 0 heteroatoms. The predicted octanol–water partition coefficient (Wildman–Crippen LogP) is 8.30. The third-order valence-corrected chi connectivity index (χ3v) is 4.95. The summed E-state index contributed by atoms with van der Waals surface area (Å²) in [5, 5.41) is 0. The molecule has 4 rings (SSSR count). The van der Waals surface area contributed by atoms with Gasteiger partial charge in [-0.25, -0.2) is 0 Å². The summed E-state index contributed by atoms with van der Waals surface area (Å²) < 4.78 is 0. The SMILES string of the molecule is C(=C\C=C\c1ccc(-c2ccccc2)cc1)/C=C/c1ccc(-c2ccccc2)cc1. The van der Waals surface area contributed by atoms with E-state index in [4.69, 9.17) is 0 Å². The number of rotatable bonds is 6. The largest absolute Gasteiger partial charge is 0.0622 e. The Labute approximate surface area is 179 Å². The van der Waals surface area contributed by atoms with E-state index in [0.717, 1.165) is 0 Å². The van der Waals surface area contributed by atoms with Gasteiger partial charge in [0.1, 0.15) is 0 Å². The highest BCUT2D eigenvalue weighted by atomic mass is 14.0. The zero-order valence-corrected chi connectivity index (χ0v) is 16.9. The molecular formula is C30H24. The van der Waals surface area contributed by atoms with Crippen LogP contribution >= 0.6 is 0 Å². The van der Waals surface area contributed by atoms with Crippen LogP contribution in [-0.2, 0) is 0 Å². The van der Waals surface area contributed by atoms with Crippen LogP contribution in [0.15, 0.2) is 133 Å². The van der Waals surface area contributed by atoms with E-state index in [0.29, 0.717) is 0 Å². The van der Waals surface area contributed by atoms with E-state index in [1.54, 1.807) is 0 Å². The Balaban J connectivity index is 1.31. The molecule has 4 aromatic carbocycles. The molecule has 144 valence electrons. The van der Waals surface area contributed by atoms with Crippen LogP contribution in [-0.4, -0.2) is 0 Å². The van der Waals surface area contributed by atoms with E-state index >= 15 is 0 Å². The molecule has 0 saturated heterocycles. The van der Waals surface area contributed by atoms with Crippen LogP contribution < -0.4 is 0 Å². The standard InChI is InChI=1S/C30H24/c1(5-11-25-17-21-29(22-18-25)27-13-7-3-8-14-27)2-6-12-26-19-23-30(24-20-26)28-15-9-4-10-16-28/h1-24H/b2-1+,11-5+,12-6+. The minimum Gasteiger partial charge on any atom is -0.0622 e. The Morgan fingerprint density at radius 2 is 0.633 bits per heavy atom. The number of hydrogen-bond donors (Lipinski definition) is 0. The number of allylic oxidation sites excluding steroid dienone is 4. The second-order valence-electron chi connectivity index (χ2n) is 7.08. The van der Waals surface area contributed by atoms with Crippen molar-refractivity contribution < 1.29 is 0 Å². The highest BCUT2D eigenvalue weighted by molar-refractivity contribution is 5.67. The quantitative estimate of drug-likeness (QED) is 0.293. The van der Waals surface area contributed by atoms with E-state index in [9.17, 15) is 0 Å². The van der Waals surface area contributed by atoms with Crippen LogP contribution in [0.5, 0.6) is 0 Å². The molecule has 0 spiro atoms. The Bertz CT molecular complexity index is 1030. The molecule has 0 bridgehead atoms. The molecule has 30 heavy (non-hydrogen) atoms. The van der Waals surface area contributed by atoms with Gasteiger partial charge in [0.15, 0.2) is 0 Å². The van der Waals surface area contributed by atoms with Crippen molar-refractivity contribution in [1.82, 2.24) is 0 Å². The summed E-state index contributed by atoms with van der Waals surface area (Å²) in [4.78, 5) is 0. The normalized spacial score (nSPS) is 11.6. The van der Waals surface area contributed by atoms with Crippen molar-refractivity contribution in [3.05, 3.63) is 145 Å². The van der Waals surface area contributed by atoms with Gasteiger partial charge in [0.25, 0.3) is 0 Å². The van der Waals surface area contributed by atoms with Gasteiger partial charge in [0.05, 0.1) is 0 Å². The molecule has 0 saturated carbocycles. The minimum atomic E-state index is 1.19. The fourth-order valence-electron chi connectivity index (χ4n) is 3.30. The van der Waals surface area contributed by atoms with Crippen LogP contribution in [0.1, 0.15) is 11.1 Å². The van der Waals surface area contributed by atoms with Crippen molar-refractivity contribution in [2.45, 2.75) is 0 Å². The molecule has 0 atom stereocenters. The number of benzene rings is 4. The van der Waals surface area contributed by atoms with Crippen LogP contribution in [0.3, 0.4) is 0 Å². The first-order valence-electron chi connectivity index (χ1n) is 10.2. The molecule has 0 nitrogen and oxygen atoms in total. The Hall–Kier alpha value is -3.90. The van der Waals surface area contributed by atoms with Gasteiger partial charge in [-0.1, -0.05) is 146 Å². The maximum atomic E-state index is 2.16. The third kappa shape index (κ3) is 5.33. The van der Waals surface area contributed by atoms with E-state index < -0.39 is 0 Å². The van der Waals surface area contributed by atoms with Crippen LogP contribution in [0.2, 0.25) is 0 Å². The maximum Gasteiger partial charge on any atom is -0.0184 e. The van der Waals surface area contributed by atoms with Crippen molar-refractivity contribution >= 4 is 12.2 Å². The molecule has 4 aromatic rings. The van der Waals surface area contributed by atoms with E-state index in [-0.39, 0.29) is 0 Å². The van der Waals surface area contributed by atoms with Gasteiger partial charge in [-0.3, -0.25) is 0 Å². The Morgan fingerprint density at radius 3 is 1.00 bits per heavy atom. The summed E-state index contributed by atoms with van der Waals surface area (Å²) in [5.74, 6) is 0. The maximum absolute atomic E-state index is 2.16. The molecule has 0 unspecified atom stereocenters. The Morgan fingerprint density at radius 1 is 0.300 bits per heavy atom. The summed E-state index contributed by atoms with van der Waals surface area (Å²) in [6, 6.07) is 38.2. The topological polar surface area (TPSA) is 0 Å². The van der Waals surface area contributed by atoms with Gasteiger partial charge in [-0.2, -0.15) is 0 Å². The highest BCUT2D eigenvalue weighted by Crippen LogP contribution is 2.20. The van der Waals surface area contributed by atoms with Crippen molar-refractivity contribution in [1.29, 1.82) is 0 Å². The third-order valence-electron chi connectivity index (χ3n) is 4.95. The fraction of sp³-hybridized carbons (Fsp3) is 0. The average molecular weight is 385 g/mol. The lowest BCUT2D eigenvalue weighted by Gasteiger charge is -2.01. The first-order chi connectivity index (χ1) is 14.9. The molecule has 0 N–H and O–H groups in total. The molecule has 0 fully saturated rings. The lowest BCUT2D eigenvalue weighted by atomic mass is 10.0. The highest BCUT2D eigenvalue weighted by Gasteiger charge is 1.96. The van der Waals surface area contributed by atoms with Gasteiger partial charge in [0.2, 0.25) is 0 Å². The second kappa shape index (κ2) is 10.0. The van der Waals surface area contributed by atoms with Gasteiger partial charge >= 0.3 is 0 Å². The van der Waals surface area contributed by atoms with E-state index in [1.807, 2.05) is 12.1 Å². The van der Waals surface area contributed by atoms with Crippen LogP contribution in [0.4, 0.5) is 0 Å². The van der Waals surface area contributed by atoms with Crippen molar-refractivity contribution in [3.63, 3.8) is 0 Å². The fourth-order valence-corrected chi connectivity index (χ4v) is 3.30. The molecule has 0 aromatic heterocycles. The lowest BCUT2D eigenvalue weighted by molar-refractivity contribution is 1.60. The van der Waals surface area contributed by atoms with Gasteiger partial charge in [-0.05, 0) is 33.4 Å². The van der Waals surface area contributed by atoms with Crippen molar-refractivity contribution in [3.8, 4) is 22.3 Å². The van der Waals surface area contributed by atoms with Crippen LogP contribution in [0, 0.1) is 0 Å². The smallest absolute Gasteiger partial charge is 0.0184 e. The first kappa shape index (κ1) is 19.4. The zero-order valence-electron chi connectivity index (χ0n) is 16.9. The summed E-state index contributed by atoms with van der Waals surface area (Å²) in [6.45, 7) is 0. The molecular weight excluding hydrogens is 360 g/mol. The first-order valence-corrected chi connectivity index (χ1v) is 10.2. The molecule has 0 aliphatic rings. The summed E-state index contributed by atoms with van der Waals surface area (Å²) in [6.07, 6.45) is 12.5. The van der Waals surface area contributed by atoms with Gasteiger partial charge in [0, 0.05) is 0 Å². The molecule has 0 amide bonds. The zero-order chi connectivity index (χ0) is 20.4.